The second-order valence-corrected chi connectivity index (χ2v) is 9.06. The van der Waals surface area contributed by atoms with Gasteiger partial charge >= 0.3 is 0 Å². The van der Waals surface area contributed by atoms with Crippen molar-refractivity contribution in [2.75, 3.05) is 6.54 Å². The molecule has 7 nitrogen and oxygen atoms in total. The molecule has 0 saturated heterocycles. The molecule has 2 aromatic rings. The topological polar surface area (TPSA) is 127 Å². The van der Waals surface area contributed by atoms with Gasteiger partial charge in [0.15, 0.2) is 0 Å². The van der Waals surface area contributed by atoms with Gasteiger partial charge in [-0.25, -0.2) is 0 Å². The molecule has 0 heterocycles. The molecule has 5 N–H and O–H groups in total. The van der Waals surface area contributed by atoms with E-state index < -0.39 is 5.54 Å². The number of benzene rings is 2. The summed E-state index contributed by atoms with van der Waals surface area (Å²) in [7, 11) is 0. The molecule has 0 radical (unpaired) electrons. The fourth-order valence-electron chi connectivity index (χ4n) is 4.97. The molecule has 3 rings (SSSR count). The molecule has 0 amide bonds. The summed E-state index contributed by atoms with van der Waals surface area (Å²) in [6.45, 7) is 8.57. The molecule has 180 valence electrons. The minimum atomic E-state index is -0.678. The Morgan fingerprint density at radius 3 is 2.35 bits per heavy atom. The van der Waals surface area contributed by atoms with E-state index in [9.17, 15) is 15.7 Å². The van der Waals surface area contributed by atoms with Gasteiger partial charge < -0.3 is 21.5 Å². The maximum atomic E-state index is 9.86. The SMILES string of the molecule is CCCCNC1(C(N)CCC)c2cc(C#N)ccc2-c2ccc(/C(=N\O)C(C)/C(C)=N\O)cc21. The van der Waals surface area contributed by atoms with Crippen molar-refractivity contribution in [1.82, 2.24) is 5.32 Å². The lowest BCUT2D eigenvalue weighted by molar-refractivity contribution is 0.312. The summed E-state index contributed by atoms with van der Waals surface area (Å²) < 4.78 is 0. The Morgan fingerprint density at radius 1 is 1.09 bits per heavy atom. The van der Waals surface area contributed by atoms with E-state index in [0.717, 1.165) is 60.0 Å². The standard InChI is InChI=1S/C27H35N5O2/c1-5-7-13-30-27(25(29)8-6-2)23-14-19(16-28)9-11-21(23)22-12-10-20(15-24(22)27)26(32-34)17(3)18(4)31-33/h9-12,14-15,17,25,30,33-34H,5-8,13,29H2,1-4H3/b31-18-,32-26-. The van der Waals surface area contributed by atoms with Crippen LogP contribution < -0.4 is 11.1 Å². The Kier molecular flexibility index (Phi) is 8.08. The van der Waals surface area contributed by atoms with Crippen LogP contribution in [0.2, 0.25) is 0 Å². The van der Waals surface area contributed by atoms with Crippen molar-refractivity contribution in [3.63, 3.8) is 0 Å². The van der Waals surface area contributed by atoms with Crippen LogP contribution in [0.1, 0.15) is 75.6 Å². The van der Waals surface area contributed by atoms with Crippen LogP contribution in [-0.2, 0) is 5.54 Å². The lowest BCUT2D eigenvalue weighted by atomic mass is 9.77. The van der Waals surface area contributed by atoms with Gasteiger partial charge in [0, 0.05) is 17.5 Å². The van der Waals surface area contributed by atoms with Crippen molar-refractivity contribution >= 4 is 11.4 Å². The zero-order valence-electron chi connectivity index (χ0n) is 20.5. The number of nitrogens with one attached hydrogen (secondary N) is 1. The van der Waals surface area contributed by atoms with Crippen LogP contribution in [0.5, 0.6) is 0 Å². The summed E-state index contributed by atoms with van der Waals surface area (Å²) in [4.78, 5) is 0. The largest absolute Gasteiger partial charge is 0.411 e. The van der Waals surface area contributed by atoms with Crippen molar-refractivity contribution in [2.24, 2.45) is 22.0 Å². The van der Waals surface area contributed by atoms with E-state index in [1.165, 1.54) is 0 Å². The smallest absolute Gasteiger partial charge is 0.0991 e. The van der Waals surface area contributed by atoms with E-state index in [-0.39, 0.29) is 12.0 Å². The van der Waals surface area contributed by atoms with Crippen LogP contribution in [0.4, 0.5) is 0 Å². The number of fused-ring (bicyclic) bond motifs is 3. The lowest BCUT2D eigenvalue weighted by Crippen LogP contribution is -2.55. The minimum Gasteiger partial charge on any atom is -0.411 e. The maximum Gasteiger partial charge on any atom is 0.0991 e. The Morgan fingerprint density at radius 2 is 1.76 bits per heavy atom. The van der Waals surface area contributed by atoms with E-state index >= 15 is 0 Å². The van der Waals surface area contributed by atoms with Gasteiger partial charge in [-0.1, -0.05) is 62.1 Å². The molecule has 0 saturated carbocycles. The van der Waals surface area contributed by atoms with Crippen LogP contribution >= 0.6 is 0 Å². The van der Waals surface area contributed by atoms with Crippen LogP contribution in [0.3, 0.4) is 0 Å². The van der Waals surface area contributed by atoms with E-state index in [0.29, 0.717) is 17.0 Å². The number of unbranched alkanes of at least 4 members (excludes halogenated alkanes) is 1. The first-order chi connectivity index (χ1) is 16.4. The van der Waals surface area contributed by atoms with E-state index in [1.54, 1.807) is 6.92 Å². The van der Waals surface area contributed by atoms with E-state index in [4.69, 9.17) is 5.73 Å². The summed E-state index contributed by atoms with van der Waals surface area (Å²) in [6, 6.07) is 13.8. The van der Waals surface area contributed by atoms with Gasteiger partial charge in [-0.3, -0.25) is 0 Å². The van der Waals surface area contributed by atoms with Gasteiger partial charge in [0.2, 0.25) is 0 Å². The highest BCUT2D eigenvalue weighted by Crippen LogP contribution is 2.50. The first-order valence-electron chi connectivity index (χ1n) is 12.0. The summed E-state index contributed by atoms with van der Waals surface area (Å²) in [5, 5.41) is 39.4. The number of hydrogen-bond acceptors (Lipinski definition) is 7. The monoisotopic (exact) mass is 461 g/mol. The molecule has 0 spiro atoms. The molecule has 2 aromatic carbocycles. The Hall–Kier alpha value is -3.21. The molecule has 3 atom stereocenters. The molecular formula is C27H35N5O2. The second kappa shape index (κ2) is 10.8. The summed E-state index contributed by atoms with van der Waals surface area (Å²) in [5.41, 5.74) is 12.6. The molecule has 0 fully saturated rings. The zero-order valence-corrected chi connectivity index (χ0v) is 20.5. The Balaban J connectivity index is 2.29. The van der Waals surface area contributed by atoms with Crippen LogP contribution in [-0.4, -0.2) is 34.4 Å². The van der Waals surface area contributed by atoms with E-state index in [2.05, 4.69) is 35.5 Å². The molecule has 1 aliphatic carbocycles. The molecule has 34 heavy (non-hydrogen) atoms. The summed E-state index contributed by atoms with van der Waals surface area (Å²) in [6.07, 6.45) is 3.76. The highest BCUT2D eigenvalue weighted by molar-refractivity contribution is 6.14. The Bertz CT molecular complexity index is 1130. The third-order valence-corrected chi connectivity index (χ3v) is 7.00. The van der Waals surface area contributed by atoms with Gasteiger partial charge in [-0.15, -0.1) is 0 Å². The van der Waals surface area contributed by atoms with Gasteiger partial charge in [0.05, 0.1) is 28.6 Å². The fourth-order valence-corrected chi connectivity index (χ4v) is 4.97. The molecule has 3 unspecified atom stereocenters. The predicted molar refractivity (Wildman–Crippen MR) is 136 cm³/mol. The van der Waals surface area contributed by atoms with Crippen LogP contribution in [0.25, 0.3) is 11.1 Å². The molecule has 7 heteroatoms. The highest BCUT2D eigenvalue weighted by Gasteiger charge is 2.47. The fraction of sp³-hybridized carbons (Fsp3) is 0.444. The maximum absolute atomic E-state index is 9.86. The number of nitriles is 1. The van der Waals surface area contributed by atoms with Crippen LogP contribution in [0, 0.1) is 17.2 Å². The average Bonchev–Trinajstić information content (AvgIpc) is 3.13. The molecule has 1 aliphatic rings. The second-order valence-electron chi connectivity index (χ2n) is 9.06. The first kappa shape index (κ1) is 25.4. The number of nitrogens with zero attached hydrogens (tertiary/aromatic N) is 3. The molecule has 0 aromatic heterocycles. The number of hydrogen-bond donors (Lipinski definition) is 4. The number of rotatable bonds is 10. The number of nitrogens with two attached hydrogens (primary N) is 1. The van der Waals surface area contributed by atoms with Crippen molar-refractivity contribution in [3.8, 4) is 17.2 Å². The van der Waals surface area contributed by atoms with Gasteiger partial charge in [-0.2, -0.15) is 5.26 Å². The van der Waals surface area contributed by atoms with Gasteiger partial charge in [-0.05, 0) is 66.8 Å². The van der Waals surface area contributed by atoms with Gasteiger partial charge in [0.25, 0.3) is 0 Å². The van der Waals surface area contributed by atoms with Crippen molar-refractivity contribution in [3.05, 3.63) is 58.7 Å². The normalized spacial score (nSPS) is 19.3. The van der Waals surface area contributed by atoms with Crippen molar-refractivity contribution in [1.29, 1.82) is 5.26 Å². The summed E-state index contributed by atoms with van der Waals surface area (Å²) >= 11 is 0. The van der Waals surface area contributed by atoms with Gasteiger partial charge in [0.1, 0.15) is 0 Å². The molecule has 0 aliphatic heterocycles. The minimum absolute atomic E-state index is 0.230. The van der Waals surface area contributed by atoms with E-state index in [1.807, 2.05) is 43.3 Å². The third-order valence-electron chi connectivity index (χ3n) is 7.00. The van der Waals surface area contributed by atoms with Crippen molar-refractivity contribution < 1.29 is 10.4 Å². The first-order valence-corrected chi connectivity index (χ1v) is 12.0. The summed E-state index contributed by atoms with van der Waals surface area (Å²) in [5.74, 6) is -0.381. The predicted octanol–water partition coefficient (Wildman–Crippen LogP) is 4.96. The highest BCUT2D eigenvalue weighted by atomic mass is 16.4. The quantitative estimate of drug-likeness (QED) is 0.172. The molecule has 0 bridgehead atoms. The average molecular weight is 462 g/mol. The lowest BCUT2D eigenvalue weighted by Gasteiger charge is -2.39. The third kappa shape index (κ3) is 4.31. The Labute approximate surface area is 202 Å². The van der Waals surface area contributed by atoms with Crippen molar-refractivity contribution in [2.45, 2.75) is 65.0 Å². The zero-order chi connectivity index (χ0) is 24.9. The van der Waals surface area contributed by atoms with Crippen LogP contribution in [0.15, 0.2) is 46.7 Å². The number of oxime groups is 2. The molecular weight excluding hydrogens is 426 g/mol.